The molecule has 0 aliphatic carbocycles. The Bertz CT molecular complexity index is 573. The van der Waals surface area contributed by atoms with Crippen molar-refractivity contribution < 1.29 is 4.39 Å². The van der Waals surface area contributed by atoms with Crippen LogP contribution in [0, 0.1) is 19.7 Å². The molecule has 0 saturated heterocycles. The predicted molar refractivity (Wildman–Crippen MR) is 71.0 cm³/mol. The van der Waals surface area contributed by atoms with Gasteiger partial charge in [0.15, 0.2) is 0 Å². The Hall–Kier alpha value is -1.84. The molecule has 0 aliphatic heterocycles. The van der Waals surface area contributed by atoms with Gasteiger partial charge in [-0.3, -0.25) is 4.68 Å². The standard InChI is InChI=1S/C14H18FN3/c1-4-12-9(2)17-18(10(12)3)8-11-5-6-14(16)13(15)7-11/h5-7H,4,8,16H2,1-3H3. The molecule has 1 aromatic heterocycles. The van der Waals surface area contributed by atoms with Gasteiger partial charge in [0.05, 0.1) is 17.9 Å². The molecule has 96 valence electrons. The number of nitrogens with zero attached hydrogens (tertiary/aromatic N) is 2. The monoisotopic (exact) mass is 247 g/mol. The first-order chi connectivity index (χ1) is 8.52. The molecule has 0 unspecified atom stereocenters. The first-order valence-corrected chi connectivity index (χ1v) is 6.09. The summed E-state index contributed by atoms with van der Waals surface area (Å²) in [6.45, 7) is 6.74. The third-order valence-corrected chi connectivity index (χ3v) is 3.28. The van der Waals surface area contributed by atoms with E-state index in [0.29, 0.717) is 6.54 Å². The minimum atomic E-state index is -0.371. The lowest BCUT2D eigenvalue weighted by atomic mass is 10.1. The molecule has 0 bridgehead atoms. The van der Waals surface area contributed by atoms with Crippen molar-refractivity contribution in [2.75, 3.05) is 5.73 Å². The van der Waals surface area contributed by atoms with E-state index in [1.54, 1.807) is 6.07 Å². The molecular formula is C14H18FN3. The van der Waals surface area contributed by atoms with Gasteiger partial charge >= 0.3 is 0 Å². The predicted octanol–water partition coefficient (Wildman–Crippen LogP) is 2.83. The lowest BCUT2D eigenvalue weighted by Crippen LogP contribution is -2.05. The number of rotatable bonds is 3. The van der Waals surface area contributed by atoms with Crippen LogP contribution in [0.4, 0.5) is 10.1 Å². The molecule has 0 spiro atoms. The van der Waals surface area contributed by atoms with E-state index < -0.39 is 0 Å². The van der Waals surface area contributed by atoms with Crippen LogP contribution in [0.5, 0.6) is 0 Å². The van der Waals surface area contributed by atoms with Crippen molar-refractivity contribution in [1.29, 1.82) is 0 Å². The maximum atomic E-state index is 13.4. The van der Waals surface area contributed by atoms with Crippen molar-refractivity contribution in [3.05, 3.63) is 46.5 Å². The van der Waals surface area contributed by atoms with Gasteiger partial charge in [0.25, 0.3) is 0 Å². The molecule has 18 heavy (non-hydrogen) atoms. The van der Waals surface area contributed by atoms with Crippen molar-refractivity contribution in [1.82, 2.24) is 9.78 Å². The maximum absolute atomic E-state index is 13.4. The first kappa shape index (κ1) is 12.6. The van der Waals surface area contributed by atoms with Gasteiger partial charge in [0.1, 0.15) is 5.82 Å². The van der Waals surface area contributed by atoms with Gasteiger partial charge < -0.3 is 5.73 Å². The summed E-state index contributed by atoms with van der Waals surface area (Å²) in [5, 5.41) is 4.49. The smallest absolute Gasteiger partial charge is 0.146 e. The fourth-order valence-corrected chi connectivity index (χ4v) is 2.24. The average Bonchev–Trinajstić information content (AvgIpc) is 2.59. The third kappa shape index (κ3) is 2.23. The van der Waals surface area contributed by atoms with Crippen molar-refractivity contribution in [2.24, 2.45) is 0 Å². The summed E-state index contributed by atoms with van der Waals surface area (Å²) in [5.74, 6) is -0.371. The number of nitrogen functional groups attached to an aromatic ring is 1. The Morgan fingerprint density at radius 1 is 1.33 bits per heavy atom. The zero-order chi connectivity index (χ0) is 13.3. The molecule has 0 fully saturated rings. The summed E-state index contributed by atoms with van der Waals surface area (Å²) in [4.78, 5) is 0. The van der Waals surface area contributed by atoms with Crippen molar-refractivity contribution >= 4 is 5.69 Å². The van der Waals surface area contributed by atoms with Crippen LogP contribution in [-0.4, -0.2) is 9.78 Å². The Balaban J connectivity index is 2.31. The van der Waals surface area contributed by atoms with Crippen LogP contribution >= 0.6 is 0 Å². The van der Waals surface area contributed by atoms with E-state index in [9.17, 15) is 4.39 Å². The molecule has 3 nitrogen and oxygen atoms in total. The fourth-order valence-electron chi connectivity index (χ4n) is 2.24. The van der Waals surface area contributed by atoms with E-state index in [1.807, 2.05) is 24.6 Å². The highest BCUT2D eigenvalue weighted by Gasteiger charge is 2.10. The zero-order valence-electron chi connectivity index (χ0n) is 11.0. The molecule has 0 amide bonds. The molecular weight excluding hydrogens is 229 g/mol. The largest absolute Gasteiger partial charge is 0.396 e. The van der Waals surface area contributed by atoms with E-state index in [1.165, 1.54) is 11.6 Å². The van der Waals surface area contributed by atoms with Gasteiger partial charge in [0, 0.05) is 5.69 Å². The van der Waals surface area contributed by atoms with Crippen LogP contribution in [0.1, 0.15) is 29.4 Å². The van der Waals surface area contributed by atoms with Crippen LogP contribution in [0.15, 0.2) is 18.2 Å². The second-order valence-electron chi connectivity index (χ2n) is 4.52. The Labute approximate surface area is 106 Å². The van der Waals surface area contributed by atoms with Crippen molar-refractivity contribution in [3.63, 3.8) is 0 Å². The number of aryl methyl sites for hydroxylation is 1. The molecule has 4 heteroatoms. The average molecular weight is 247 g/mol. The van der Waals surface area contributed by atoms with Crippen LogP contribution in [-0.2, 0) is 13.0 Å². The van der Waals surface area contributed by atoms with Crippen LogP contribution < -0.4 is 5.73 Å². The molecule has 0 radical (unpaired) electrons. The van der Waals surface area contributed by atoms with E-state index in [0.717, 1.165) is 23.4 Å². The Morgan fingerprint density at radius 2 is 2.06 bits per heavy atom. The summed E-state index contributed by atoms with van der Waals surface area (Å²) < 4.78 is 15.3. The lowest BCUT2D eigenvalue weighted by molar-refractivity contribution is 0.619. The Morgan fingerprint density at radius 3 is 2.61 bits per heavy atom. The van der Waals surface area contributed by atoms with Crippen molar-refractivity contribution in [2.45, 2.75) is 33.7 Å². The number of hydrogen-bond donors (Lipinski definition) is 1. The quantitative estimate of drug-likeness (QED) is 0.847. The maximum Gasteiger partial charge on any atom is 0.146 e. The number of anilines is 1. The van der Waals surface area contributed by atoms with E-state index >= 15 is 0 Å². The van der Waals surface area contributed by atoms with Crippen LogP contribution in [0.2, 0.25) is 0 Å². The minimum absolute atomic E-state index is 0.182. The molecule has 0 aliphatic rings. The molecule has 0 atom stereocenters. The molecule has 0 saturated carbocycles. The third-order valence-electron chi connectivity index (χ3n) is 3.28. The highest BCUT2D eigenvalue weighted by atomic mass is 19.1. The van der Waals surface area contributed by atoms with Gasteiger partial charge in [-0.2, -0.15) is 5.10 Å². The summed E-state index contributed by atoms with van der Waals surface area (Å²) in [6.07, 6.45) is 0.966. The normalized spacial score (nSPS) is 10.9. The molecule has 2 rings (SSSR count). The first-order valence-electron chi connectivity index (χ1n) is 6.09. The number of aromatic nitrogens is 2. The molecule has 2 N–H and O–H groups in total. The number of nitrogens with two attached hydrogens (primary N) is 1. The lowest BCUT2D eigenvalue weighted by Gasteiger charge is -2.06. The highest BCUT2D eigenvalue weighted by molar-refractivity contribution is 5.41. The number of halogens is 1. The Kier molecular flexibility index (Phi) is 3.36. The summed E-state index contributed by atoms with van der Waals surface area (Å²) in [5.41, 5.74) is 9.98. The van der Waals surface area contributed by atoms with Gasteiger partial charge in [0.2, 0.25) is 0 Å². The summed E-state index contributed by atoms with van der Waals surface area (Å²) >= 11 is 0. The van der Waals surface area contributed by atoms with E-state index in [-0.39, 0.29) is 11.5 Å². The van der Waals surface area contributed by atoms with Gasteiger partial charge in [-0.25, -0.2) is 4.39 Å². The second kappa shape index (κ2) is 4.80. The molecule has 2 aromatic rings. The van der Waals surface area contributed by atoms with E-state index in [4.69, 9.17) is 5.73 Å². The van der Waals surface area contributed by atoms with Crippen LogP contribution in [0.3, 0.4) is 0 Å². The van der Waals surface area contributed by atoms with Gasteiger partial charge in [-0.15, -0.1) is 0 Å². The number of benzene rings is 1. The fraction of sp³-hybridized carbons (Fsp3) is 0.357. The summed E-state index contributed by atoms with van der Waals surface area (Å²) in [6, 6.07) is 4.90. The van der Waals surface area contributed by atoms with Gasteiger partial charge in [-0.1, -0.05) is 13.0 Å². The topological polar surface area (TPSA) is 43.8 Å². The summed E-state index contributed by atoms with van der Waals surface area (Å²) in [7, 11) is 0. The van der Waals surface area contributed by atoms with Gasteiger partial charge in [-0.05, 0) is 43.5 Å². The second-order valence-corrected chi connectivity index (χ2v) is 4.52. The SMILES string of the molecule is CCc1c(C)nn(Cc2ccc(N)c(F)c2)c1C. The highest BCUT2D eigenvalue weighted by Crippen LogP contribution is 2.17. The molecule has 1 aromatic carbocycles. The molecule has 1 heterocycles. The van der Waals surface area contributed by atoms with E-state index in [2.05, 4.69) is 12.0 Å². The minimum Gasteiger partial charge on any atom is -0.396 e. The number of hydrogen-bond acceptors (Lipinski definition) is 2. The van der Waals surface area contributed by atoms with Crippen molar-refractivity contribution in [3.8, 4) is 0 Å². The zero-order valence-corrected chi connectivity index (χ0v) is 11.0. The van der Waals surface area contributed by atoms with Crippen LogP contribution in [0.25, 0.3) is 0 Å².